The zero-order valence-electron chi connectivity index (χ0n) is 16.8. The first-order chi connectivity index (χ1) is 14.1. The van der Waals surface area contributed by atoms with Crippen LogP contribution in [0.5, 0.6) is 0 Å². The summed E-state index contributed by atoms with van der Waals surface area (Å²) in [6.07, 6.45) is 0.0558. The molecule has 3 N–H and O–H groups in total. The van der Waals surface area contributed by atoms with Crippen LogP contribution in [0.25, 0.3) is 11.1 Å². The molecule has 160 valence electrons. The Balaban J connectivity index is 1.79. The van der Waals surface area contributed by atoms with Gasteiger partial charge in [0, 0.05) is 11.8 Å². The zero-order chi connectivity index (χ0) is 21.9. The van der Waals surface area contributed by atoms with E-state index in [0.29, 0.717) is 24.8 Å². The number of carbonyl (C=O) groups excluding carboxylic acids is 1. The van der Waals surface area contributed by atoms with Crippen LogP contribution in [-0.2, 0) is 4.79 Å². The van der Waals surface area contributed by atoms with Gasteiger partial charge in [0.25, 0.3) is 0 Å². The van der Waals surface area contributed by atoms with E-state index in [1.54, 1.807) is 24.5 Å². The van der Waals surface area contributed by atoms with Gasteiger partial charge in [0.2, 0.25) is 5.91 Å². The summed E-state index contributed by atoms with van der Waals surface area (Å²) < 4.78 is 41.3. The minimum atomic E-state index is -4.66. The molecule has 1 aromatic carbocycles. The number of benzene rings is 1. The molecule has 0 radical (unpaired) electrons. The summed E-state index contributed by atoms with van der Waals surface area (Å²) in [4.78, 5) is 12.8. The molecule has 1 aromatic heterocycles. The van der Waals surface area contributed by atoms with Crippen LogP contribution in [-0.4, -0.2) is 33.9 Å². The number of hydrogen-bond acceptors (Lipinski definition) is 4. The van der Waals surface area contributed by atoms with Crippen molar-refractivity contribution in [2.24, 2.45) is 5.92 Å². The molecular formula is C21H24F3N5O. The first-order valence-electron chi connectivity index (χ1n) is 9.79. The van der Waals surface area contributed by atoms with E-state index in [1.165, 1.54) is 12.1 Å². The predicted molar refractivity (Wildman–Crippen MR) is 105 cm³/mol. The molecule has 1 saturated carbocycles. The van der Waals surface area contributed by atoms with E-state index in [1.807, 2.05) is 13.8 Å². The number of nitriles is 1. The Hall–Kier alpha value is -2.86. The molecule has 0 bridgehead atoms. The van der Waals surface area contributed by atoms with Crippen molar-refractivity contribution in [3.05, 3.63) is 42.2 Å². The summed E-state index contributed by atoms with van der Waals surface area (Å²) in [5, 5.41) is 20.9. The summed E-state index contributed by atoms with van der Waals surface area (Å²) in [5.74, 6) is -0.687. The monoisotopic (exact) mass is 419 g/mol. The quantitative estimate of drug-likeness (QED) is 0.606. The third-order valence-corrected chi connectivity index (χ3v) is 5.13. The molecule has 0 spiro atoms. The van der Waals surface area contributed by atoms with E-state index in [4.69, 9.17) is 0 Å². The topological polar surface area (TPSA) is 93.6 Å². The first-order valence-corrected chi connectivity index (χ1v) is 9.79. The van der Waals surface area contributed by atoms with Gasteiger partial charge in [-0.3, -0.25) is 15.2 Å². The van der Waals surface area contributed by atoms with Crippen LogP contribution in [0.4, 0.5) is 13.2 Å². The van der Waals surface area contributed by atoms with Crippen LogP contribution in [0.3, 0.4) is 0 Å². The second-order valence-electron chi connectivity index (χ2n) is 8.11. The molecule has 1 heterocycles. The van der Waals surface area contributed by atoms with E-state index in [-0.39, 0.29) is 11.5 Å². The van der Waals surface area contributed by atoms with Crippen LogP contribution >= 0.6 is 0 Å². The van der Waals surface area contributed by atoms with Crippen LogP contribution in [0.1, 0.15) is 44.7 Å². The lowest BCUT2D eigenvalue weighted by molar-refractivity contribution is -0.164. The maximum absolute atomic E-state index is 13.8. The summed E-state index contributed by atoms with van der Waals surface area (Å²) in [6, 6.07) is 4.93. The van der Waals surface area contributed by atoms with E-state index in [2.05, 4.69) is 26.9 Å². The number of halogens is 3. The lowest BCUT2D eigenvalue weighted by Crippen LogP contribution is -2.52. The highest BCUT2D eigenvalue weighted by Gasteiger charge is 2.47. The normalized spacial score (nSPS) is 17.2. The van der Waals surface area contributed by atoms with Gasteiger partial charge in [-0.2, -0.15) is 23.5 Å². The molecule has 0 aliphatic heterocycles. The number of alkyl halides is 3. The number of aromatic amines is 1. The van der Waals surface area contributed by atoms with E-state index >= 15 is 0 Å². The van der Waals surface area contributed by atoms with Gasteiger partial charge in [-0.25, -0.2) is 0 Å². The molecule has 1 aliphatic carbocycles. The van der Waals surface area contributed by atoms with Crippen LogP contribution in [0.2, 0.25) is 0 Å². The Morgan fingerprint density at radius 3 is 2.40 bits per heavy atom. The number of nitrogens with zero attached hydrogens (tertiary/aromatic N) is 2. The Kier molecular flexibility index (Phi) is 6.17. The lowest BCUT2D eigenvalue weighted by atomic mass is 9.99. The van der Waals surface area contributed by atoms with Crippen molar-refractivity contribution in [1.82, 2.24) is 20.8 Å². The SMILES string of the molecule is CC(C)C[C@H](NC1(C#N)CC1)C(=O)N[C@@H](c1ccc(-c2cn[nH]c2)cc1)C(F)(F)F. The van der Waals surface area contributed by atoms with Gasteiger partial charge in [0.15, 0.2) is 6.04 Å². The van der Waals surface area contributed by atoms with Crippen molar-refractivity contribution in [3.8, 4) is 17.2 Å². The van der Waals surface area contributed by atoms with Crippen molar-refractivity contribution in [2.45, 2.75) is 56.9 Å². The van der Waals surface area contributed by atoms with Gasteiger partial charge in [-0.05, 0) is 36.3 Å². The van der Waals surface area contributed by atoms with Crippen LogP contribution in [0.15, 0.2) is 36.7 Å². The summed E-state index contributed by atoms with van der Waals surface area (Å²) >= 11 is 0. The fourth-order valence-corrected chi connectivity index (χ4v) is 3.32. The number of hydrogen-bond donors (Lipinski definition) is 3. The Morgan fingerprint density at radius 1 is 1.27 bits per heavy atom. The second-order valence-corrected chi connectivity index (χ2v) is 8.11. The van der Waals surface area contributed by atoms with Gasteiger partial charge in [-0.15, -0.1) is 0 Å². The second kappa shape index (κ2) is 8.48. The van der Waals surface area contributed by atoms with Gasteiger partial charge >= 0.3 is 6.18 Å². The van der Waals surface area contributed by atoms with Gasteiger partial charge in [0.05, 0.1) is 18.3 Å². The number of carbonyl (C=O) groups is 1. The van der Waals surface area contributed by atoms with Crippen molar-refractivity contribution < 1.29 is 18.0 Å². The lowest BCUT2D eigenvalue weighted by Gasteiger charge is -2.27. The van der Waals surface area contributed by atoms with Gasteiger partial charge < -0.3 is 5.32 Å². The molecule has 1 amide bonds. The molecule has 30 heavy (non-hydrogen) atoms. The number of amides is 1. The van der Waals surface area contributed by atoms with E-state index in [0.717, 1.165) is 5.56 Å². The third kappa shape index (κ3) is 5.19. The smallest absolute Gasteiger partial charge is 0.339 e. The number of H-pyrrole nitrogens is 1. The van der Waals surface area contributed by atoms with Crippen LogP contribution < -0.4 is 10.6 Å². The molecule has 2 atom stereocenters. The largest absolute Gasteiger partial charge is 0.412 e. The van der Waals surface area contributed by atoms with Crippen molar-refractivity contribution in [2.75, 3.05) is 0 Å². The minimum Gasteiger partial charge on any atom is -0.339 e. The van der Waals surface area contributed by atoms with Crippen molar-refractivity contribution >= 4 is 5.91 Å². The molecule has 3 rings (SSSR count). The van der Waals surface area contributed by atoms with Gasteiger partial charge in [-0.1, -0.05) is 38.1 Å². The molecule has 0 saturated heterocycles. The van der Waals surface area contributed by atoms with Crippen LogP contribution in [0, 0.1) is 17.2 Å². The summed E-state index contributed by atoms with van der Waals surface area (Å²) in [5.41, 5.74) is 0.592. The molecule has 6 nitrogen and oxygen atoms in total. The van der Waals surface area contributed by atoms with Gasteiger partial charge in [0.1, 0.15) is 5.54 Å². The predicted octanol–water partition coefficient (Wildman–Crippen LogP) is 3.86. The standard InChI is InChI=1S/C21H24F3N5O/c1-13(2)9-17(29-20(12-25)7-8-20)19(30)28-18(21(22,23)24)15-5-3-14(4-6-15)16-10-26-27-11-16/h3-6,10-11,13,17-18,29H,7-9H2,1-2H3,(H,26,27)(H,28,30)/t17-,18-/m0/s1. The maximum Gasteiger partial charge on any atom is 0.412 e. The van der Waals surface area contributed by atoms with Crippen molar-refractivity contribution in [3.63, 3.8) is 0 Å². The average Bonchev–Trinajstić information content (AvgIpc) is 3.24. The number of nitrogens with one attached hydrogen (secondary N) is 3. The Bertz CT molecular complexity index is 896. The molecule has 0 unspecified atom stereocenters. The Morgan fingerprint density at radius 2 is 1.93 bits per heavy atom. The Labute approximate surface area is 172 Å². The third-order valence-electron chi connectivity index (χ3n) is 5.13. The molecule has 1 fully saturated rings. The first kappa shape index (κ1) is 21.8. The molecular weight excluding hydrogens is 395 g/mol. The molecule has 1 aliphatic rings. The maximum atomic E-state index is 13.8. The fraction of sp³-hybridized carbons (Fsp3) is 0.476. The zero-order valence-corrected chi connectivity index (χ0v) is 16.8. The molecule has 9 heteroatoms. The van der Waals surface area contributed by atoms with Crippen molar-refractivity contribution in [1.29, 1.82) is 5.26 Å². The molecule has 2 aromatic rings. The highest BCUT2D eigenvalue weighted by molar-refractivity contribution is 5.82. The fourth-order valence-electron chi connectivity index (χ4n) is 3.32. The minimum absolute atomic E-state index is 0.0622. The van der Waals surface area contributed by atoms with E-state index in [9.17, 15) is 23.2 Å². The highest BCUT2D eigenvalue weighted by Crippen LogP contribution is 2.36. The number of aromatic nitrogens is 2. The summed E-state index contributed by atoms with van der Waals surface area (Å²) in [7, 11) is 0. The highest BCUT2D eigenvalue weighted by atomic mass is 19.4. The summed E-state index contributed by atoms with van der Waals surface area (Å²) in [6.45, 7) is 3.76. The average molecular weight is 419 g/mol. The number of rotatable bonds is 8. The van der Waals surface area contributed by atoms with E-state index < -0.39 is 29.7 Å².